The summed E-state index contributed by atoms with van der Waals surface area (Å²) in [6, 6.07) is 13.1. The van der Waals surface area contributed by atoms with Crippen molar-refractivity contribution in [2.24, 2.45) is 0 Å². The molecule has 0 radical (unpaired) electrons. The minimum Gasteiger partial charge on any atom is -0.630 e. The van der Waals surface area contributed by atoms with Gasteiger partial charge in [-0.05, 0) is 54.8 Å². The van der Waals surface area contributed by atoms with E-state index in [1.165, 1.54) is 5.56 Å². The highest BCUT2D eigenvalue weighted by Crippen LogP contribution is 2.17. The summed E-state index contributed by atoms with van der Waals surface area (Å²) in [5, 5.41) is 14.7. The monoisotopic (exact) mass is 342 g/mol. The summed E-state index contributed by atoms with van der Waals surface area (Å²) in [6.45, 7) is 6.19. The van der Waals surface area contributed by atoms with Crippen LogP contribution in [0.25, 0.3) is 0 Å². The normalized spacial score (nSPS) is 12.6. The molecule has 5 heteroatoms. The highest BCUT2D eigenvalue weighted by molar-refractivity contribution is 5.94. The van der Waals surface area contributed by atoms with Crippen LogP contribution < -0.4 is 10.1 Å². The molecular formula is C20H26N2O3. The van der Waals surface area contributed by atoms with Gasteiger partial charge in [0.2, 0.25) is 6.23 Å². The van der Waals surface area contributed by atoms with E-state index in [2.05, 4.69) is 5.32 Å². The smallest absolute Gasteiger partial charge is 0.251 e. The predicted molar refractivity (Wildman–Crippen MR) is 99.1 cm³/mol. The van der Waals surface area contributed by atoms with Crippen LogP contribution in [0, 0.1) is 19.1 Å². The van der Waals surface area contributed by atoms with Crippen LogP contribution in [-0.4, -0.2) is 30.9 Å². The molecule has 0 saturated heterocycles. The van der Waals surface area contributed by atoms with Gasteiger partial charge in [0.05, 0.1) is 14.1 Å². The zero-order valence-electron chi connectivity index (χ0n) is 15.5. The Morgan fingerprint density at radius 1 is 1.12 bits per heavy atom. The summed E-state index contributed by atoms with van der Waals surface area (Å²) in [6.07, 6.45) is -0.490. The molecule has 0 aliphatic heterocycles. The van der Waals surface area contributed by atoms with E-state index in [0.29, 0.717) is 17.9 Å². The predicted octanol–water partition coefficient (Wildman–Crippen LogP) is 3.53. The molecule has 2 aromatic rings. The fourth-order valence-corrected chi connectivity index (χ4v) is 2.18. The number of quaternary nitrogens is 1. The number of hydroxylamine groups is 3. The summed E-state index contributed by atoms with van der Waals surface area (Å²) in [5.41, 5.74) is 3.89. The summed E-state index contributed by atoms with van der Waals surface area (Å²) >= 11 is 0. The number of carbonyl (C=O) groups excluding carboxylic acids is 1. The number of nitrogens with one attached hydrogen (secondary N) is 1. The molecule has 2 rings (SSSR count). The Balaban J connectivity index is 1.93. The molecule has 0 fully saturated rings. The number of hydrogen-bond acceptors (Lipinski definition) is 3. The Morgan fingerprint density at radius 3 is 2.32 bits per heavy atom. The molecule has 0 spiro atoms. The number of carbonyl (C=O) groups is 1. The van der Waals surface area contributed by atoms with Crippen molar-refractivity contribution in [1.29, 1.82) is 0 Å². The lowest BCUT2D eigenvalue weighted by Crippen LogP contribution is -2.44. The van der Waals surface area contributed by atoms with Gasteiger partial charge in [0.1, 0.15) is 5.75 Å². The first-order chi connectivity index (χ1) is 11.7. The Labute approximate surface area is 149 Å². The first kappa shape index (κ1) is 19.0. The molecule has 1 amide bonds. The third-order valence-electron chi connectivity index (χ3n) is 4.33. The maximum Gasteiger partial charge on any atom is 0.251 e. The van der Waals surface area contributed by atoms with Gasteiger partial charge in [0, 0.05) is 19.0 Å². The van der Waals surface area contributed by atoms with Crippen LogP contribution in [0.5, 0.6) is 5.75 Å². The number of rotatable bonds is 6. The second-order valence-electron chi connectivity index (χ2n) is 6.78. The number of aryl methyl sites for hydroxylation is 2. The van der Waals surface area contributed by atoms with E-state index < -0.39 is 10.9 Å². The molecule has 0 aliphatic rings. The third-order valence-corrected chi connectivity index (χ3v) is 4.33. The van der Waals surface area contributed by atoms with Gasteiger partial charge in [0.25, 0.3) is 5.91 Å². The standard InChI is InChI=1S/C20H26N2O3/c1-14-6-9-18(12-15(14)2)20(23)21-13-17-7-10-19(11-8-17)25-16(3)22(4,5)24/h6-12,16H,13H2,1-5H3,(H,21,23). The minimum absolute atomic E-state index is 0.0950. The molecule has 2 aromatic carbocycles. The van der Waals surface area contributed by atoms with Gasteiger partial charge in [-0.3, -0.25) is 4.79 Å². The van der Waals surface area contributed by atoms with Crippen molar-refractivity contribution in [3.05, 3.63) is 69.9 Å². The number of hydrogen-bond donors (Lipinski definition) is 1. The van der Waals surface area contributed by atoms with Crippen molar-refractivity contribution < 1.29 is 14.2 Å². The SMILES string of the molecule is Cc1ccc(C(=O)NCc2ccc(OC(C)[N+](C)(C)[O-])cc2)cc1C. The van der Waals surface area contributed by atoms with Crippen molar-refractivity contribution in [3.63, 3.8) is 0 Å². The van der Waals surface area contributed by atoms with Crippen molar-refractivity contribution in [3.8, 4) is 5.75 Å². The van der Waals surface area contributed by atoms with Gasteiger partial charge in [-0.2, -0.15) is 0 Å². The molecule has 5 nitrogen and oxygen atoms in total. The first-order valence-electron chi connectivity index (χ1n) is 8.32. The molecule has 0 bridgehead atoms. The average Bonchev–Trinajstić information content (AvgIpc) is 2.55. The lowest BCUT2D eigenvalue weighted by Gasteiger charge is -2.39. The molecule has 1 atom stereocenters. The number of ether oxygens (including phenoxy) is 1. The average molecular weight is 342 g/mol. The number of benzene rings is 2. The molecule has 0 aromatic heterocycles. The maximum absolute atomic E-state index is 12.2. The highest BCUT2D eigenvalue weighted by atomic mass is 16.6. The van der Waals surface area contributed by atoms with Gasteiger partial charge in [-0.15, -0.1) is 0 Å². The van der Waals surface area contributed by atoms with Crippen LogP contribution in [0.15, 0.2) is 42.5 Å². The first-order valence-corrected chi connectivity index (χ1v) is 8.32. The van der Waals surface area contributed by atoms with E-state index in [9.17, 15) is 10.0 Å². The summed E-state index contributed by atoms with van der Waals surface area (Å²) in [4.78, 5) is 12.2. The zero-order chi connectivity index (χ0) is 18.6. The van der Waals surface area contributed by atoms with Gasteiger partial charge in [-0.1, -0.05) is 18.2 Å². The van der Waals surface area contributed by atoms with Crippen molar-refractivity contribution in [2.45, 2.75) is 33.5 Å². The zero-order valence-corrected chi connectivity index (χ0v) is 15.5. The molecule has 0 aliphatic carbocycles. The second-order valence-corrected chi connectivity index (χ2v) is 6.78. The lowest BCUT2D eigenvalue weighted by atomic mass is 10.1. The van der Waals surface area contributed by atoms with Crippen LogP contribution in [0.4, 0.5) is 0 Å². The van der Waals surface area contributed by atoms with E-state index in [-0.39, 0.29) is 5.91 Å². The van der Waals surface area contributed by atoms with Crippen molar-refractivity contribution in [1.82, 2.24) is 5.32 Å². The van der Waals surface area contributed by atoms with E-state index in [1.54, 1.807) is 21.0 Å². The third kappa shape index (κ3) is 5.31. The summed E-state index contributed by atoms with van der Waals surface area (Å²) < 4.78 is 5.11. The largest absolute Gasteiger partial charge is 0.630 e. The summed E-state index contributed by atoms with van der Waals surface area (Å²) in [5.74, 6) is 0.543. The van der Waals surface area contributed by atoms with Crippen LogP contribution >= 0.6 is 0 Å². The van der Waals surface area contributed by atoms with E-state index in [4.69, 9.17) is 4.74 Å². The quantitative estimate of drug-likeness (QED) is 0.496. The highest BCUT2D eigenvalue weighted by Gasteiger charge is 2.15. The Kier molecular flexibility index (Phi) is 5.82. The Hall–Kier alpha value is -2.37. The summed E-state index contributed by atoms with van der Waals surface area (Å²) in [7, 11) is 3.09. The molecule has 134 valence electrons. The Bertz CT molecular complexity index is 734. The van der Waals surface area contributed by atoms with E-state index in [1.807, 2.05) is 56.3 Å². The van der Waals surface area contributed by atoms with Crippen LogP contribution in [0.1, 0.15) is 34.0 Å². The minimum atomic E-state index is -0.520. The second kappa shape index (κ2) is 7.68. The molecule has 0 saturated carbocycles. The molecule has 1 N–H and O–H groups in total. The van der Waals surface area contributed by atoms with Crippen LogP contribution in [0.2, 0.25) is 0 Å². The van der Waals surface area contributed by atoms with Gasteiger partial charge >= 0.3 is 0 Å². The molecular weight excluding hydrogens is 316 g/mol. The van der Waals surface area contributed by atoms with Crippen LogP contribution in [-0.2, 0) is 6.54 Å². The van der Waals surface area contributed by atoms with Gasteiger partial charge in [-0.25, -0.2) is 0 Å². The topological polar surface area (TPSA) is 61.4 Å². The van der Waals surface area contributed by atoms with Gasteiger partial charge < -0.3 is 19.9 Å². The molecule has 1 unspecified atom stereocenters. The van der Waals surface area contributed by atoms with E-state index >= 15 is 0 Å². The van der Waals surface area contributed by atoms with Gasteiger partial charge in [0.15, 0.2) is 0 Å². The molecule has 0 heterocycles. The maximum atomic E-state index is 12.2. The molecule has 25 heavy (non-hydrogen) atoms. The fourth-order valence-electron chi connectivity index (χ4n) is 2.18. The number of amides is 1. The van der Waals surface area contributed by atoms with E-state index in [0.717, 1.165) is 11.1 Å². The van der Waals surface area contributed by atoms with Crippen molar-refractivity contribution in [2.75, 3.05) is 14.1 Å². The fraction of sp³-hybridized carbons (Fsp3) is 0.350. The van der Waals surface area contributed by atoms with Crippen LogP contribution in [0.3, 0.4) is 0 Å². The Morgan fingerprint density at radius 2 is 1.76 bits per heavy atom. The lowest BCUT2D eigenvalue weighted by molar-refractivity contribution is -0.884. The van der Waals surface area contributed by atoms with Crippen molar-refractivity contribution >= 4 is 5.91 Å². The number of nitrogens with zero attached hydrogens (tertiary/aromatic N) is 1.